The third-order valence-electron chi connectivity index (χ3n) is 2.67. The third-order valence-corrected chi connectivity index (χ3v) is 2.67. The molecule has 1 heterocycles. The summed E-state index contributed by atoms with van der Waals surface area (Å²) < 4.78 is 4.64. The molecule has 0 saturated carbocycles. The van der Waals surface area contributed by atoms with E-state index >= 15 is 0 Å². The van der Waals surface area contributed by atoms with Crippen molar-refractivity contribution in [1.82, 2.24) is 5.32 Å². The van der Waals surface area contributed by atoms with E-state index in [9.17, 15) is 4.79 Å². The number of nitrogens with one attached hydrogen (secondary N) is 1. The molecule has 0 bridgehead atoms. The molecule has 0 spiro atoms. The molecule has 1 saturated heterocycles. The summed E-state index contributed by atoms with van der Waals surface area (Å²) in [5, 5.41) is 3.34. The van der Waals surface area contributed by atoms with Crippen molar-refractivity contribution in [2.45, 2.75) is 39.2 Å². The topological polar surface area (TPSA) is 38.3 Å². The number of hydrogen-bond acceptors (Lipinski definition) is 3. The first-order valence-corrected chi connectivity index (χ1v) is 4.84. The van der Waals surface area contributed by atoms with Crippen molar-refractivity contribution in [3.05, 3.63) is 0 Å². The molecule has 13 heavy (non-hydrogen) atoms. The molecule has 0 aromatic rings. The fourth-order valence-corrected chi connectivity index (χ4v) is 1.88. The summed E-state index contributed by atoms with van der Waals surface area (Å²) in [5.74, 6) is -0.116. The molecular formula is C10H19NO2. The summed E-state index contributed by atoms with van der Waals surface area (Å²) in [6.07, 6.45) is 2.74. The quantitative estimate of drug-likeness (QED) is 0.659. The SMILES string of the molecule is COC(=O)CC1CC(C)(C)CCN1. The number of esters is 1. The van der Waals surface area contributed by atoms with Crippen LogP contribution in [-0.2, 0) is 9.53 Å². The lowest BCUT2D eigenvalue weighted by molar-refractivity contribution is -0.141. The van der Waals surface area contributed by atoms with Crippen LogP contribution in [0.15, 0.2) is 0 Å². The van der Waals surface area contributed by atoms with E-state index in [0.717, 1.165) is 13.0 Å². The summed E-state index contributed by atoms with van der Waals surface area (Å²) >= 11 is 0. The fraction of sp³-hybridized carbons (Fsp3) is 0.900. The van der Waals surface area contributed by atoms with Gasteiger partial charge in [-0.3, -0.25) is 4.79 Å². The molecule has 1 N–H and O–H groups in total. The third kappa shape index (κ3) is 3.35. The van der Waals surface area contributed by atoms with Crippen LogP contribution in [0, 0.1) is 5.41 Å². The standard InChI is InChI=1S/C10H19NO2/c1-10(2)4-5-11-8(7-10)6-9(12)13-3/h8,11H,4-7H2,1-3H3. The van der Waals surface area contributed by atoms with E-state index in [1.165, 1.54) is 13.5 Å². The Hall–Kier alpha value is -0.570. The molecule has 0 radical (unpaired) electrons. The number of rotatable bonds is 2. The van der Waals surface area contributed by atoms with Crippen LogP contribution in [0.2, 0.25) is 0 Å². The van der Waals surface area contributed by atoms with Gasteiger partial charge in [-0.1, -0.05) is 13.8 Å². The van der Waals surface area contributed by atoms with Crippen molar-refractivity contribution in [3.8, 4) is 0 Å². The lowest BCUT2D eigenvalue weighted by atomic mass is 9.79. The highest BCUT2D eigenvalue weighted by molar-refractivity contribution is 5.69. The molecule has 3 heteroatoms. The largest absolute Gasteiger partial charge is 0.469 e. The molecule has 0 amide bonds. The van der Waals surface area contributed by atoms with E-state index in [-0.39, 0.29) is 5.97 Å². The zero-order valence-corrected chi connectivity index (χ0v) is 8.72. The van der Waals surface area contributed by atoms with Gasteiger partial charge in [-0.15, -0.1) is 0 Å². The van der Waals surface area contributed by atoms with Gasteiger partial charge in [-0.2, -0.15) is 0 Å². The van der Waals surface area contributed by atoms with Crippen molar-refractivity contribution in [3.63, 3.8) is 0 Å². The predicted octanol–water partition coefficient (Wildman–Crippen LogP) is 1.33. The minimum absolute atomic E-state index is 0.116. The Morgan fingerprint density at radius 2 is 2.31 bits per heavy atom. The molecule has 1 unspecified atom stereocenters. The Kier molecular flexibility index (Phi) is 3.31. The van der Waals surface area contributed by atoms with Gasteiger partial charge in [0.25, 0.3) is 0 Å². The molecule has 76 valence electrons. The molecule has 0 aromatic carbocycles. The van der Waals surface area contributed by atoms with E-state index in [1.54, 1.807) is 0 Å². The molecule has 0 aliphatic carbocycles. The Morgan fingerprint density at radius 1 is 1.62 bits per heavy atom. The van der Waals surface area contributed by atoms with Crippen molar-refractivity contribution < 1.29 is 9.53 Å². The van der Waals surface area contributed by atoms with Crippen LogP contribution in [-0.4, -0.2) is 25.7 Å². The number of ether oxygens (including phenoxy) is 1. The van der Waals surface area contributed by atoms with E-state index in [1.807, 2.05) is 0 Å². The fourth-order valence-electron chi connectivity index (χ4n) is 1.88. The average molecular weight is 185 g/mol. The van der Waals surface area contributed by atoms with Crippen molar-refractivity contribution >= 4 is 5.97 Å². The highest BCUT2D eigenvalue weighted by atomic mass is 16.5. The monoisotopic (exact) mass is 185 g/mol. The summed E-state index contributed by atoms with van der Waals surface area (Å²) in [6, 6.07) is 0.302. The zero-order valence-electron chi connectivity index (χ0n) is 8.72. The first-order valence-electron chi connectivity index (χ1n) is 4.84. The second-order valence-electron chi connectivity index (χ2n) is 4.55. The maximum Gasteiger partial charge on any atom is 0.307 e. The van der Waals surface area contributed by atoms with Crippen LogP contribution < -0.4 is 5.32 Å². The van der Waals surface area contributed by atoms with Gasteiger partial charge in [0.15, 0.2) is 0 Å². The van der Waals surface area contributed by atoms with Gasteiger partial charge in [0.2, 0.25) is 0 Å². The molecule has 1 atom stereocenters. The minimum atomic E-state index is -0.116. The summed E-state index contributed by atoms with van der Waals surface area (Å²) in [6.45, 7) is 5.50. The maximum atomic E-state index is 11.0. The summed E-state index contributed by atoms with van der Waals surface area (Å²) in [7, 11) is 1.44. The Morgan fingerprint density at radius 3 is 2.85 bits per heavy atom. The van der Waals surface area contributed by atoms with Gasteiger partial charge < -0.3 is 10.1 Å². The number of piperidine rings is 1. The second-order valence-corrected chi connectivity index (χ2v) is 4.55. The predicted molar refractivity (Wildman–Crippen MR) is 51.4 cm³/mol. The van der Waals surface area contributed by atoms with E-state index in [2.05, 4.69) is 23.9 Å². The molecule has 1 rings (SSSR count). The van der Waals surface area contributed by atoms with Crippen molar-refractivity contribution in [2.24, 2.45) is 5.41 Å². The molecule has 1 aliphatic rings. The van der Waals surface area contributed by atoms with E-state index in [0.29, 0.717) is 17.9 Å². The number of carbonyl (C=O) groups excluding carboxylic acids is 1. The molecule has 3 nitrogen and oxygen atoms in total. The Bertz CT molecular complexity index is 189. The Balaban J connectivity index is 2.39. The van der Waals surface area contributed by atoms with Gasteiger partial charge in [0.1, 0.15) is 0 Å². The van der Waals surface area contributed by atoms with Gasteiger partial charge in [-0.05, 0) is 24.8 Å². The van der Waals surface area contributed by atoms with Crippen molar-refractivity contribution in [1.29, 1.82) is 0 Å². The van der Waals surface area contributed by atoms with Crippen molar-refractivity contribution in [2.75, 3.05) is 13.7 Å². The van der Waals surface area contributed by atoms with Gasteiger partial charge in [-0.25, -0.2) is 0 Å². The van der Waals surface area contributed by atoms with Crippen LogP contribution in [0.4, 0.5) is 0 Å². The van der Waals surface area contributed by atoms with Crippen LogP contribution in [0.25, 0.3) is 0 Å². The maximum absolute atomic E-state index is 11.0. The second kappa shape index (κ2) is 4.09. The first-order chi connectivity index (χ1) is 6.03. The number of hydrogen-bond donors (Lipinski definition) is 1. The van der Waals surface area contributed by atoms with Crippen LogP contribution in [0.1, 0.15) is 33.1 Å². The molecular weight excluding hydrogens is 166 g/mol. The molecule has 1 fully saturated rings. The van der Waals surface area contributed by atoms with Crippen LogP contribution in [0.5, 0.6) is 0 Å². The smallest absolute Gasteiger partial charge is 0.307 e. The summed E-state index contributed by atoms with van der Waals surface area (Å²) in [5.41, 5.74) is 0.365. The van der Waals surface area contributed by atoms with Gasteiger partial charge in [0, 0.05) is 6.04 Å². The average Bonchev–Trinajstić information content (AvgIpc) is 2.02. The first kappa shape index (κ1) is 10.5. The summed E-state index contributed by atoms with van der Waals surface area (Å²) in [4.78, 5) is 11.0. The van der Waals surface area contributed by atoms with Crippen LogP contribution in [0.3, 0.4) is 0 Å². The zero-order chi connectivity index (χ0) is 9.90. The minimum Gasteiger partial charge on any atom is -0.469 e. The molecule has 1 aliphatic heterocycles. The lowest BCUT2D eigenvalue weighted by Crippen LogP contribution is -2.42. The van der Waals surface area contributed by atoms with Gasteiger partial charge in [0.05, 0.1) is 13.5 Å². The molecule has 0 aromatic heterocycles. The van der Waals surface area contributed by atoms with E-state index in [4.69, 9.17) is 0 Å². The Labute approximate surface area is 79.8 Å². The van der Waals surface area contributed by atoms with Crippen LogP contribution >= 0.6 is 0 Å². The highest BCUT2D eigenvalue weighted by Gasteiger charge is 2.28. The van der Waals surface area contributed by atoms with E-state index < -0.39 is 0 Å². The highest BCUT2D eigenvalue weighted by Crippen LogP contribution is 2.30. The normalized spacial score (nSPS) is 26.8. The number of methoxy groups -OCH3 is 1. The number of carbonyl (C=O) groups is 1. The van der Waals surface area contributed by atoms with Gasteiger partial charge >= 0.3 is 5.97 Å². The lowest BCUT2D eigenvalue weighted by Gasteiger charge is -2.35.